The molecule has 11 atom stereocenters. The minimum Gasteiger partial charge on any atom is -0.457 e. The predicted molar refractivity (Wildman–Crippen MR) is 158 cm³/mol. The normalized spacial score (nSPS) is 26.7. The molecule has 7 N–H and O–H groups in total. The van der Waals surface area contributed by atoms with Gasteiger partial charge in [-0.3, -0.25) is 4.79 Å². The van der Waals surface area contributed by atoms with Crippen molar-refractivity contribution in [3.8, 4) is 11.5 Å². The van der Waals surface area contributed by atoms with Gasteiger partial charge < -0.3 is 50.2 Å². The van der Waals surface area contributed by atoms with Crippen LogP contribution in [0.15, 0.2) is 54.6 Å². The van der Waals surface area contributed by atoms with Crippen LogP contribution in [0.2, 0.25) is 0 Å². The van der Waals surface area contributed by atoms with Gasteiger partial charge in [0, 0.05) is 5.92 Å². The third-order valence-electron chi connectivity index (χ3n) is 8.52. The van der Waals surface area contributed by atoms with Crippen molar-refractivity contribution in [2.75, 3.05) is 13.2 Å². The minimum atomic E-state index is -1.65. The van der Waals surface area contributed by atoms with E-state index in [1.165, 1.54) is 0 Å². The molecule has 0 spiro atoms. The first-order valence-electron chi connectivity index (χ1n) is 14.8. The molecule has 6 unspecified atom stereocenters. The number of carbonyl (C=O) groups is 1. The first-order chi connectivity index (χ1) is 20.3. The van der Waals surface area contributed by atoms with Gasteiger partial charge >= 0.3 is 0 Å². The number of para-hydroxylation sites is 1. The number of hydrogen-bond acceptors (Lipinski definition) is 10. The summed E-state index contributed by atoms with van der Waals surface area (Å²) in [7, 11) is 0. The Bertz CT molecular complexity index is 1110. The van der Waals surface area contributed by atoms with Crippen molar-refractivity contribution in [3.63, 3.8) is 0 Å². The van der Waals surface area contributed by atoms with Crippen LogP contribution in [0, 0.1) is 17.8 Å². The van der Waals surface area contributed by atoms with Crippen molar-refractivity contribution in [2.45, 2.75) is 89.5 Å². The molecule has 3 rings (SSSR count). The predicted octanol–water partition coefficient (Wildman–Crippen LogP) is 1.53. The molecule has 240 valence electrons. The summed E-state index contributed by atoms with van der Waals surface area (Å²) in [6, 6.07) is 15.7. The fourth-order valence-electron chi connectivity index (χ4n) is 4.87. The molecular formula is C32H47NO10. The molecular weight excluding hydrogens is 558 g/mol. The van der Waals surface area contributed by atoms with Crippen molar-refractivity contribution in [1.29, 1.82) is 0 Å². The van der Waals surface area contributed by atoms with Gasteiger partial charge in [0.2, 0.25) is 5.91 Å². The number of benzene rings is 2. The van der Waals surface area contributed by atoms with Crippen molar-refractivity contribution >= 4 is 5.91 Å². The third-order valence-corrected chi connectivity index (χ3v) is 8.52. The van der Waals surface area contributed by atoms with E-state index in [0.29, 0.717) is 11.5 Å². The summed E-state index contributed by atoms with van der Waals surface area (Å²) >= 11 is 0. The van der Waals surface area contributed by atoms with E-state index in [4.69, 9.17) is 14.2 Å². The van der Waals surface area contributed by atoms with E-state index in [2.05, 4.69) is 5.32 Å². The molecule has 11 heteroatoms. The van der Waals surface area contributed by atoms with Crippen molar-refractivity contribution in [3.05, 3.63) is 60.2 Å². The van der Waals surface area contributed by atoms with E-state index in [9.17, 15) is 35.4 Å². The number of ether oxygens (including phenoxy) is 3. The SMILES string of the molecule is CC(C)C(C)[C@@H](O)[C@@H](O)[C@H](CO[C@H]1OC(CO)[C@@H](O)C(O)C1O)NC(=O)C(C)C(C)c1ccc(Oc2ccccc2)cc1. The van der Waals surface area contributed by atoms with Gasteiger partial charge in [-0.1, -0.05) is 65.0 Å². The number of carbonyl (C=O) groups excluding carboxylic acids is 1. The summed E-state index contributed by atoms with van der Waals surface area (Å²) in [5.74, 6) is -0.115. The summed E-state index contributed by atoms with van der Waals surface area (Å²) in [5.41, 5.74) is 0.895. The Balaban J connectivity index is 1.71. The average molecular weight is 606 g/mol. The lowest BCUT2D eigenvalue weighted by atomic mass is 9.86. The van der Waals surface area contributed by atoms with Gasteiger partial charge in [0.05, 0.1) is 25.4 Å². The molecule has 2 aromatic rings. The Labute approximate surface area is 253 Å². The lowest BCUT2D eigenvalue weighted by Gasteiger charge is -2.40. The lowest BCUT2D eigenvalue weighted by molar-refractivity contribution is -0.303. The van der Waals surface area contributed by atoms with E-state index >= 15 is 0 Å². The third kappa shape index (κ3) is 8.96. The Morgan fingerprint density at radius 3 is 2.05 bits per heavy atom. The van der Waals surface area contributed by atoms with Gasteiger partial charge in [0.15, 0.2) is 6.29 Å². The van der Waals surface area contributed by atoms with Crippen LogP contribution in [0.1, 0.15) is 46.1 Å². The number of rotatable bonds is 14. The van der Waals surface area contributed by atoms with Crippen molar-refractivity contribution in [2.24, 2.45) is 17.8 Å². The summed E-state index contributed by atoms with van der Waals surface area (Å²) in [6.45, 7) is 8.21. The fraction of sp³-hybridized carbons (Fsp3) is 0.594. The highest BCUT2D eigenvalue weighted by atomic mass is 16.7. The molecule has 0 aliphatic carbocycles. The number of hydrogen-bond donors (Lipinski definition) is 7. The van der Waals surface area contributed by atoms with Gasteiger partial charge in [-0.2, -0.15) is 0 Å². The quantitative estimate of drug-likeness (QED) is 0.167. The van der Waals surface area contributed by atoms with Gasteiger partial charge in [0.25, 0.3) is 0 Å². The van der Waals surface area contributed by atoms with Crippen LogP contribution < -0.4 is 10.1 Å². The number of aliphatic hydroxyl groups excluding tert-OH is 6. The van der Waals surface area contributed by atoms with Crippen molar-refractivity contribution in [1.82, 2.24) is 5.32 Å². The fourth-order valence-corrected chi connectivity index (χ4v) is 4.87. The number of aliphatic hydroxyl groups is 6. The second-order valence-electron chi connectivity index (χ2n) is 11.8. The van der Waals surface area contributed by atoms with Crippen LogP contribution in [0.3, 0.4) is 0 Å². The van der Waals surface area contributed by atoms with Crippen LogP contribution in [0.4, 0.5) is 0 Å². The zero-order chi connectivity index (χ0) is 31.8. The molecule has 11 nitrogen and oxygen atoms in total. The molecule has 1 amide bonds. The number of amides is 1. The molecule has 1 aliphatic heterocycles. The first kappa shape index (κ1) is 34.9. The van der Waals surface area contributed by atoms with E-state index in [-0.39, 0.29) is 17.8 Å². The van der Waals surface area contributed by atoms with Crippen LogP contribution in [0.25, 0.3) is 0 Å². The van der Waals surface area contributed by atoms with E-state index in [1.807, 2.05) is 75.4 Å². The topological polar surface area (TPSA) is 178 Å². The zero-order valence-corrected chi connectivity index (χ0v) is 25.4. The molecule has 43 heavy (non-hydrogen) atoms. The molecule has 1 fully saturated rings. The van der Waals surface area contributed by atoms with Crippen molar-refractivity contribution < 1.29 is 49.6 Å². The molecule has 0 radical (unpaired) electrons. The van der Waals surface area contributed by atoms with Crippen LogP contribution >= 0.6 is 0 Å². The standard InChI is InChI=1S/C32H47NO10/c1-17(2)18(3)26(35)27(36)24(16-41-32-30(39)29(38)28(37)25(15-34)43-32)33-31(40)20(5)19(4)21-11-13-23(14-12-21)42-22-9-7-6-8-10-22/h6-14,17-20,24-30,32,34-39H,15-16H2,1-5H3,(H,33,40)/t18?,19?,20?,24-,25?,26+,27-,28+,29?,30?,32-/m0/s1. The number of nitrogens with one attached hydrogen (secondary N) is 1. The molecule has 0 bridgehead atoms. The zero-order valence-electron chi connectivity index (χ0n) is 25.4. The second-order valence-corrected chi connectivity index (χ2v) is 11.8. The summed E-state index contributed by atoms with van der Waals surface area (Å²) in [6.07, 6.45) is -10.2. The molecule has 1 aliphatic rings. The average Bonchev–Trinajstić information content (AvgIpc) is 3.01. The largest absolute Gasteiger partial charge is 0.457 e. The monoisotopic (exact) mass is 605 g/mol. The molecule has 2 aromatic carbocycles. The minimum absolute atomic E-state index is 0.0279. The summed E-state index contributed by atoms with van der Waals surface area (Å²) in [4.78, 5) is 13.4. The Kier molecular flexibility index (Phi) is 12.9. The molecule has 0 aromatic heterocycles. The summed E-state index contributed by atoms with van der Waals surface area (Å²) < 4.78 is 16.9. The lowest BCUT2D eigenvalue weighted by Crippen LogP contribution is -2.60. The highest BCUT2D eigenvalue weighted by molar-refractivity contribution is 5.79. The molecule has 1 heterocycles. The Morgan fingerprint density at radius 2 is 1.47 bits per heavy atom. The van der Waals surface area contributed by atoms with Gasteiger partial charge in [-0.15, -0.1) is 0 Å². The highest BCUT2D eigenvalue weighted by Gasteiger charge is 2.45. The first-order valence-corrected chi connectivity index (χ1v) is 14.8. The molecule has 0 saturated carbocycles. The van der Waals surface area contributed by atoms with Crippen LogP contribution in [-0.2, 0) is 14.3 Å². The van der Waals surface area contributed by atoms with Gasteiger partial charge in [-0.05, 0) is 47.6 Å². The maximum Gasteiger partial charge on any atom is 0.223 e. The van der Waals surface area contributed by atoms with Gasteiger partial charge in [0.1, 0.15) is 42.0 Å². The Hall–Kier alpha value is -2.61. The highest BCUT2D eigenvalue weighted by Crippen LogP contribution is 2.29. The maximum atomic E-state index is 13.4. The van der Waals surface area contributed by atoms with E-state index in [0.717, 1.165) is 5.56 Å². The van der Waals surface area contributed by atoms with E-state index in [1.54, 1.807) is 13.8 Å². The Morgan fingerprint density at radius 1 is 0.860 bits per heavy atom. The van der Waals surface area contributed by atoms with Gasteiger partial charge in [-0.25, -0.2) is 0 Å². The second kappa shape index (κ2) is 15.9. The van der Waals surface area contributed by atoms with Crippen LogP contribution in [0.5, 0.6) is 11.5 Å². The van der Waals surface area contributed by atoms with Crippen LogP contribution in [-0.4, -0.2) is 98.7 Å². The molecule has 1 saturated heterocycles. The smallest absolute Gasteiger partial charge is 0.223 e. The maximum absolute atomic E-state index is 13.4. The van der Waals surface area contributed by atoms with E-state index < -0.39 is 74.0 Å². The summed E-state index contributed by atoms with van der Waals surface area (Å²) in [5, 5.41) is 64.8.